The molecule has 2 heterocycles. The number of nitrogens with one attached hydrogen (secondary N) is 1. The molecule has 1 aliphatic rings. The van der Waals surface area contributed by atoms with Gasteiger partial charge in [-0.3, -0.25) is 14.9 Å². The summed E-state index contributed by atoms with van der Waals surface area (Å²) in [4.78, 5) is 22.7. The van der Waals surface area contributed by atoms with Gasteiger partial charge in [0, 0.05) is 23.3 Å². The van der Waals surface area contributed by atoms with E-state index in [9.17, 15) is 14.9 Å². The molecule has 0 spiro atoms. The molecule has 1 N–H and O–H groups in total. The van der Waals surface area contributed by atoms with Gasteiger partial charge in [0.15, 0.2) is 11.5 Å². The molecule has 1 aromatic heterocycles. The summed E-state index contributed by atoms with van der Waals surface area (Å²) in [5, 5.41) is 14.8. The summed E-state index contributed by atoms with van der Waals surface area (Å²) in [6.45, 7) is 2.69. The zero-order valence-electron chi connectivity index (χ0n) is 16.0. The van der Waals surface area contributed by atoms with E-state index in [0.717, 1.165) is 5.56 Å². The Morgan fingerprint density at radius 1 is 1.10 bits per heavy atom. The van der Waals surface area contributed by atoms with Crippen molar-refractivity contribution in [1.82, 2.24) is 5.43 Å². The molecular weight excluding hydrogens is 390 g/mol. The highest BCUT2D eigenvalue weighted by atomic mass is 16.6. The molecule has 0 saturated carbocycles. The van der Waals surface area contributed by atoms with Crippen molar-refractivity contribution >= 4 is 17.8 Å². The normalized spacial score (nSPS) is 12.7. The molecule has 0 bridgehead atoms. The summed E-state index contributed by atoms with van der Waals surface area (Å²) in [5.41, 5.74) is 4.29. The van der Waals surface area contributed by atoms with E-state index in [0.29, 0.717) is 47.4 Å². The van der Waals surface area contributed by atoms with Crippen molar-refractivity contribution in [1.29, 1.82) is 0 Å². The van der Waals surface area contributed by atoms with Crippen molar-refractivity contribution in [2.45, 2.75) is 6.92 Å². The zero-order chi connectivity index (χ0) is 21.1. The van der Waals surface area contributed by atoms with E-state index in [1.165, 1.54) is 18.3 Å². The number of nitro benzene ring substituents is 1. The number of furan rings is 1. The Morgan fingerprint density at radius 3 is 2.67 bits per heavy atom. The first-order chi connectivity index (χ1) is 14.5. The largest absolute Gasteiger partial charge is 0.486 e. The molecule has 1 aliphatic heterocycles. The van der Waals surface area contributed by atoms with Gasteiger partial charge in [-0.05, 0) is 48.9 Å². The van der Waals surface area contributed by atoms with Crippen LogP contribution in [0, 0.1) is 17.0 Å². The Morgan fingerprint density at radius 2 is 1.90 bits per heavy atom. The van der Waals surface area contributed by atoms with E-state index in [2.05, 4.69) is 10.5 Å². The minimum absolute atomic E-state index is 0.0199. The Labute approximate surface area is 171 Å². The second kappa shape index (κ2) is 8.08. The van der Waals surface area contributed by atoms with Gasteiger partial charge in [0.2, 0.25) is 0 Å². The Kier molecular flexibility index (Phi) is 5.17. The van der Waals surface area contributed by atoms with Gasteiger partial charge < -0.3 is 13.9 Å². The van der Waals surface area contributed by atoms with Crippen LogP contribution in [-0.4, -0.2) is 30.3 Å². The van der Waals surface area contributed by atoms with Crippen molar-refractivity contribution in [2.24, 2.45) is 5.10 Å². The van der Waals surface area contributed by atoms with Gasteiger partial charge in [-0.2, -0.15) is 5.10 Å². The zero-order valence-corrected chi connectivity index (χ0v) is 16.0. The smallest absolute Gasteiger partial charge is 0.271 e. The quantitative estimate of drug-likeness (QED) is 0.392. The predicted molar refractivity (Wildman–Crippen MR) is 108 cm³/mol. The third-order valence-corrected chi connectivity index (χ3v) is 4.48. The number of non-ortho nitro benzene ring substituents is 1. The molecule has 30 heavy (non-hydrogen) atoms. The predicted octanol–water partition coefficient (Wildman–Crippen LogP) is 3.70. The summed E-state index contributed by atoms with van der Waals surface area (Å²) >= 11 is 0. The SMILES string of the molecule is Cc1cc([N+](=O)[O-])ccc1-c1ccc(/C=N/NC(=O)c2ccc3c(c2)OCCO3)o1. The van der Waals surface area contributed by atoms with Crippen LogP contribution in [0.15, 0.2) is 58.0 Å². The van der Waals surface area contributed by atoms with Crippen LogP contribution in [-0.2, 0) is 0 Å². The van der Waals surface area contributed by atoms with E-state index in [1.54, 1.807) is 43.3 Å². The number of hydrazone groups is 1. The number of hydrogen-bond donors (Lipinski definition) is 1. The maximum atomic E-state index is 12.3. The average molecular weight is 407 g/mol. The number of fused-ring (bicyclic) bond motifs is 1. The molecule has 9 heteroatoms. The molecular formula is C21H17N3O6. The lowest BCUT2D eigenvalue weighted by Gasteiger charge is -2.18. The lowest BCUT2D eigenvalue weighted by Crippen LogP contribution is -2.19. The number of hydrogen-bond acceptors (Lipinski definition) is 7. The number of ether oxygens (including phenoxy) is 2. The Hall–Kier alpha value is -4.14. The van der Waals surface area contributed by atoms with E-state index >= 15 is 0 Å². The van der Waals surface area contributed by atoms with Crippen LogP contribution in [0.3, 0.4) is 0 Å². The van der Waals surface area contributed by atoms with Gasteiger partial charge in [-0.1, -0.05) is 0 Å². The van der Waals surface area contributed by atoms with E-state index < -0.39 is 10.8 Å². The first-order valence-corrected chi connectivity index (χ1v) is 9.09. The number of carbonyl (C=O) groups is 1. The number of amides is 1. The van der Waals surface area contributed by atoms with Crippen LogP contribution in [0.4, 0.5) is 5.69 Å². The van der Waals surface area contributed by atoms with Gasteiger partial charge >= 0.3 is 0 Å². The van der Waals surface area contributed by atoms with Gasteiger partial charge in [0.1, 0.15) is 24.7 Å². The maximum absolute atomic E-state index is 12.3. The van der Waals surface area contributed by atoms with E-state index in [-0.39, 0.29) is 5.69 Å². The number of rotatable bonds is 5. The molecule has 0 saturated heterocycles. The molecule has 0 fully saturated rings. The Bertz CT molecular complexity index is 1150. The van der Waals surface area contributed by atoms with Crippen LogP contribution >= 0.6 is 0 Å². The molecule has 0 aliphatic carbocycles. The molecule has 2 aromatic carbocycles. The van der Waals surface area contributed by atoms with Crippen LogP contribution in [0.25, 0.3) is 11.3 Å². The topological polar surface area (TPSA) is 116 Å². The van der Waals surface area contributed by atoms with Crippen molar-refractivity contribution in [3.8, 4) is 22.8 Å². The maximum Gasteiger partial charge on any atom is 0.271 e. The summed E-state index contributed by atoms with van der Waals surface area (Å²) in [5.74, 6) is 1.69. The minimum atomic E-state index is -0.443. The summed E-state index contributed by atoms with van der Waals surface area (Å²) in [7, 11) is 0. The molecule has 152 valence electrons. The Balaban J connectivity index is 1.42. The van der Waals surface area contributed by atoms with Crippen molar-refractivity contribution in [3.05, 3.63) is 75.5 Å². The molecule has 0 atom stereocenters. The molecule has 4 rings (SSSR count). The number of carbonyl (C=O) groups excluding carboxylic acids is 1. The monoisotopic (exact) mass is 407 g/mol. The highest BCUT2D eigenvalue weighted by Gasteiger charge is 2.15. The molecule has 0 radical (unpaired) electrons. The second-order valence-electron chi connectivity index (χ2n) is 6.52. The molecule has 9 nitrogen and oxygen atoms in total. The summed E-state index contributed by atoms with van der Waals surface area (Å²) in [6.07, 6.45) is 1.38. The fourth-order valence-corrected chi connectivity index (χ4v) is 3.01. The van der Waals surface area contributed by atoms with Gasteiger partial charge in [-0.15, -0.1) is 0 Å². The fourth-order valence-electron chi connectivity index (χ4n) is 3.01. The van der Waals surface area contributed by atoms with Gasteiger partial charge in [-0.25, -0.2) is 5.43 Å². The van der Waals surface area contributed by atoms with E-state index in [4.69, 9.17) is 13.9 Å². The molecule has 1 amide bonds. The van der Waals surface area contributed by atoms with Crippen molar-refractivity contribution < 1.29 is 23.6 Å². The highest BCUT2D eigenvalue weighted by molar-refractivity contribution is 5.95. The first kappa shape index (κ1) is 19.2. The first-order valence-electron chi connectivity index (χ1n) is 9.09. The van der Waals surface area contributed by atoms with Crippen molar-refractivity contribution in [3.63, 3.8) is 0 Å². The fraction of sp³-hybridized carbons (Fsp3) is 0.143. The van der Waals surface area contributed by atoms with Crippen molar-refractivity contribution in [2.75, 3.05) is 13.2 Å². The third-order valence-electron chi connectivity index (χ3n) is 4.48. The minimum Gasteiger partial charge on any atom is -0.486 e. The molecule has 0 unspecified atom stereocenters. The van der Waals surface area contributed by atoms with E-state index in [1.807, 2.05) is 0 Å². The number of aryl methyl sites for hydroxylation is 1. The summed E-state index contributed by atoms with van der Waals surface area (Å²) in [6, 6.07) is 12.9. The van der Waals surface area contributed by atoms with Gasteiger partial charge in [0.25, 0.3) is 11.6 Å². The second-order valence-corrected chi connectivity index (χ2v) is 6.52. The molecule has 3 aromatic rings. The lowest BCUT2D eigenvalue weighted by molar-refractivity contribution is -0.384. The van der Waals surface area contributed by atoms with Crippen LogP contribution in [0.5, 0.6) is 11.5 Å². The lowest BCUT2D eigenvalue weighted by atomic mass is 10.1. The number of nitro groups is 1. The van der Waals surface area contributed by atoms with Crippen LogP contribution in [0.2, 0.25) is 0 Å². The highest BCUT2D eigenvalue weighted by Crippen LogP contribution is 2.31. The van der Waals surface area contributed by atoms with Gasteiger partial charge in [0.05, 0.1) is 11.1 Å². The van der Waals surface area contributed by atoms with Crippen LogP contribution in [0.1, 0.15) is 21.7 Å². The standard InChI is InChI=1S/C21H17N3O6/c1-13-10-15(24(26)27)3-5-17(13)18-7-4-16(30-18)12-22-23-21(25)14-2-6-19-20(11-14)29-9-8-28-19/h2-7,10-12H,8-9H2,1H3,(H,23,25)/b22-12+. The summed E-state index contributed by atoms with van der Waals surface area (Å²) < 4.78 is 16.6. The average Bonchev–Trinajstić information content (AvgIpc) is 3.21. The number of benzene rings is 2. The number of nitrogens with zero attached hydrogens (tertiary/aromatic N) is 2. The third kappa shape index (κ3) is 4.00. The van der Waals surface area contributed by atoms with Crippen LogP contribution < -0.4 is 14.9 Å².